The summed E-state index contributed by atoms with van der Waals surface area (Å²) in [6.07, 6.45) is 1.20. The van der Waals surface area contributed by atoms with Crippen LogP contribution in [0.4, 0.5) is 0 Å². The fourth-order valence-corrected chi connectivity index (χ4v) is 2.53. The standard InChI is InChI=1S/C19H25NO3/c1-15(20-19(21)9-10-23-12-11-22-2)13-16-7-8-17-5-3-4-6-18(17)14-16/h3-8,14-15H,9-13H2,1-2H3,(H,20,21)/t15-/m0/s1. The van der Waals surface area contributed by atoms with Crippen LogP contribution in [0, 0.1) is 0 Å². The second-order valence-electron chi connectivity index (χ2n) is 5.71. The van der Waals surface area contributed by atoms with Crippen molar-refractivity contribution >= 4 is 16.7 Å². The molecule has 2 rings (SSSR count). The molecule has 0 saturated heterocycles. The normalized spacial score (nSPS) is 12.3. The molecule has 4 nitrogen and oxygen atoms in total. The van der Waals surface area contributed by atoms with Gasteiger partial charge in [0.05, 0.1) is 19.8 Å². The molecule has 0 aliphatic carbocycles. The zero-order chi connectivity index (χ0) is 16.5. The van der Waals surface area contributed by atoms with E-state index in [0.29, 0.717) is 26.2 Å². The molecule has 2 aromatic carbocycles. The first-order chi connectivity index (χ1) is 11.2. The zero-order valence-electron chi connectivity index (χ0n) is 13.9. The number of hydrogen-bond acceptors (Lipinski definition) is 3. The van der Waals surface area contributed by atoms with Gasteiger partial charge in [-0.2, -0.15) is 0 Å². The van der Waals surface area contributed by atoms with E-state index in [4.69, 9.17) is 9.47 Å². The number of nitrogens with one attached hydrogen (secondary N) is 1. The molecule has 124 valence electrons. The molecule has 2 aromatic rings. The summed E-state index contributed by atoms with van der Waals surface area (Å²) in [5.41, 5.74) is 1.23. The first kappa shape index (κ1) is 17.4. The lowest BCUT2D eigenvalue weighted by Gasteiger charge is -2.14. The maximum absolute atomic E-state index is 11.9. The van der Waals surface area contributed by atoms with Gasteiger partial charge in [0.1, 0.15) is 0 Å². The van der Waals surface area contributed by atoms with Gasteiger partial charge in [-0.3, -0.25) is 4.79 Å². The summed E-state index contributed by atoms with van der Waals surface area (Å²) < 4.78 is 10.2. The molecule has 0 spiro atoms. The molecule has 1 amide bonds. The molecule has 0 aromatic heterocycles. The monoisotopic (exact) mass is 315 g/mol. The summed E-state index contributed by atoms with van der Waals surface area (Å²) in [5, 5.41) is 5.49. The average molecular weight is 315 g/mol. The van der Waals surface area contributed by atoms with E-state index in [1.807, 2.05) is 19.1 Å². The van der Waals surface area contributed by atoms with E-state index in [0.717, 1.165) is 6.42 Å². The summed E-state index contributed by atoms with van der Waals surface area (Å²) in [5.74, 6) is 0.0238. The third kappa shape index (κ3) is 6.00. The highest BCUT2D eigenvalue weighted by molar-refractivity contribution is 5.83. The van der Waals surface area contributed by atoms with Crippen molar-refractivity contribution in [2.45, 2.75) is 25.8 Å². The van der Waals surface area contributed by atoms with Crippen LogP contribution in [0.3, 0.4) is 0 Å². The molecule has 0 radical (unpaired) electrons. The van der Waals surface area contributed by atoms with Gasteiger partial charge in [0.25, 0.3) is 0 Å². The molecule has 0 fully saturated rings. The summed E-state index contributed by atoms with van der Waals surface area (Å²) in [6, 6.07) is 14.8. The Kier molecular flexibility index (Phi) is 7.04. The number of benzene rings is 2. The molecule has 0 saturated carbocycles. The van der Waals surface area contributed by atoms with Gasteiger partial charge in [0.15, 0.2) is 0 Å². The number of hydrogen-bond donors (Lipinski definition) is 1. The summed E-state index contributed by atoms with van der Waals surface area (Å²) in [4.78, 5) is 11.9. The number of carbonyl (C=O) groups excluding carboxylic acids is 1. The van der Waals surface area contributed by atoms with E-state index in [9.17, 15) is 4.79 Å². The topological polar surface area (TPSA) is 47.6 Å². The van der Waals surface area contributed by atoms with E-state index in [2.05, 4.69) is 35.6 Å². The second kappa shape index (κ2) is 9.28. The van der Waals surface area contributed by atoms with Crippen molar-refractivity contribution in [3.8, 4) is 0 Å². The van der Waals surface area contributed by atoms with Crippen LogP contribution in [0.1, 0.15) is 18.9 Å². The molecule has 0 unspecified atom stereocenters. The third-order valence-electron chi connectivity index (χ3n) is 3.67. The highest BCUT2D eigenvalue weighted by Gasteiger charge is 2.08. The van der Waals surface area contributed by atoms with Crippen molar-refractivity contribution in [2.75, 3.05) is 26.9 Å². The highest BCUT2D eigenvalue weighted by atomic mass is 16.5. The van der Waals surface area contributed by atoms with Crippen molar-refractivity contribution in [3.05, 3.63) is 48.0 Å². The van der Waals surface area contributed by atoms with Gasteiger partial charge in [-0.15, -0.1) is 0 Å². The molecule has 0 heterocycles. The van der Waals surface area contributed by atoms with Crippen molar-refractivity contribution in [1.29, 1.82) is 0 Å². The Labute approximate surface area is 137 Å². The van der Waals surface area contributed by atoms with Crippen LogP contribution < -0.4 is 5.32 Å². The van der Waals surface area contributed by atoms with Crippen LogP contribution in [0.5, 0.6) is 0 Å². The number of fused-ring (bicyclic) bond motifs is 1. The van der Waals surface area contributed by atoms with Crippen LogP contribution >= 0.6 is 0 Å². The van der Waals surface area contributed by atoms with Crippen molar-refractivity contribution in [2.24, 2.45) is 0 Å². The Morgan fingerprint density at radius 1 is 1.09 bits per heavy atom. The third-order valence-corrected chi connectivity index (χ3v) is 3.67. The van der Waals surface area contributed by atoms with E-state index in [1.165, 1.54) is 16.3 Å². The van der Waals surface area contributed by atoms with Gasteiger partial charge in [-0.05, 0) is 29.7 Å². The van der Waals surface area contributed by atoms with Crippen LogP contribution in [0.2, 0.25) is 0 Å². The minimum Gasteiger partial charge on any atom is -0.382 e. The SMILES string of the molecule is COCCOCCC(=O)N[C@@H](C)Cc1ccc2ccccc2c1. The number of methoxy groups -OCH3 is 1. The van der Waals surface area contributed by atoms with E-state index >= 15 is 0 Å². The smallest absolute Gasteiger partial charge is 0.222 e. The summed E-state index contributed by atoms with van der Waals surface area (Å²) >= 11 is 0. The average Bonchev–Trinajstić information content (AvgIpc) is 2.54. The van der Waals surface area contributed by atoms with Gasteiger partial charge in [-0.25, -0.2) is 0 Å². The van der Waals surface area contributed by atoms with Gasteiger partial charge in [0.2, 0.25) is 5.91 Å². The van der Waals surface area contributed by atoms with Crippen molar-refractivity contribution in [1.82, 2.24) is 5.32 Å². The van der Waals surface area contributed by atoms with Gasteiger partial charge in [0, 0.05) is 19.6 Å². The molecular formula is C19H25NO3. The zero-order valence-corrected chi connectivity index (χ0v) is 13.9. The Bertz CT molecular complexity index is 627. The minimum atomic E-state index is 0.0238. The lowest BCUT2D eigenvalue weighted by atomic mass is 10.0. The van der Waals surface area contributed by atoms with E-state index in [1.54, 1.807) is 7.11 Å². The number of carbonyl (C=O) groups is 1. The number of ether oxygens (including phenoxy) is 2. The highest BCUT2D eigenvalue weighted by Crippen LogP contribution is 2.16. The first-order valence-electron chi connectivity index (χ1n) is 8.03. The first-order valence-corrected chi connectivity index (χ1v) is 8.03. The van der Waals surface area contributed by atoms with Crippen LogP contribution in [0.15, 0.2) is 42.5 Å². The Hall–Kier alpha value is -1.91. The quantitative estimate of drug-likeness (QED) is 0.724. The molecule has 0 aliphatic heterocycles. The number of rotatable bonds is 9. The lowest BCUT2D eigenvalue weighted by Crippen LogP contribution is -2.34. The predicted molar refractivity (Wildman–Crippen MR) is 92.6 cm³/mol. The molecule has 4 heteroatoms. The van der Waals surface area contributed by atoms with Gasteiger partial charge >= 0.3 is 0 Å². The molecule has 0 aliphatic rings. The van der Waals surface area contributed by atoms with Crippen LogP contribution in [-0.2, 0) is 20.7 Å². The summed E-state index contributed by atoms with van der Waals surface area (Å²) in [6.45, 7) is 3.53. The predicted octanol–water partition coefficient (Wildman–Crippen LogP) is 2.94. The maximum Gasteiger partial charge on any atom is 0.222 e. The largest absolute Gasteiger partial charge is 0.382 e. The molecule has 1 N–H and O–H groups in total. The molecule has 0 bridgehead atoms. The van der Waals surface area contributed by atoms with E-state index in [-0.39, 0.29) is 11.9 Å². The van der Waals surface area contributed by atoms with Crippen LogP contribution in [-0.4, -0.2) is 38.9 Å². The summed E-state index contributed by atoms with van der Waals surface area (Å²) in [7, 11) is 1.63. The lowest BCUT2D eigenvalue weighted by molar-refractivity contribution is -0.122. The van der Waals surface area contributed by atoms with Crippen molar-refractivity contribution in [3.63, 3.8) is 0 Å². The van der Waals surface area contributed by atoms with E-state index < -0.39 is 0 Å². The Morgan fingerprint density at radius 3 is 2.65 bits per heavy atom. The van der Waals surface area contributed by atoms with Crippen LogP contribution in [0.25, 0.3) is 10.8 Å². The van der Waals surface area contributed by atoms with Crippen molar-refractivity contribution < 1.29 is 14.3 Å². The van der Waals surface area contributed by atoms with Gasteiger partial charge < -0.3 is 14.8 Å². The fourth-order valence-electron chi connectivity index (χ4n) is 2.53. The second-order valence-corrected chi connectivity index (χ2v) is 5.71. The van der Waals surface area contributed by atoms with Gasteiger partial charge in [-0.1, -0.05) is 42.5 Å². The number of amides is 1. The molecule has 1 atom stereocenters. The molecular weight excluding hydrogens is 290 g/mol. The minimum absolute atomic E-state index is 0.0238. The Balaban J connectivity index is 1.76. The Morgan fingerprint density at radius 2 is 1.87 bits per heavy atom. The maximum atomic E-state index is 11.9. The fraction of sp³-hybridized carbons (Fsp3) is 0.421. The molecule has 23 heavy (non-hydrogen) atoms.